The molecule has 252 valence electrons. The van der Waals surface area contributed by atoms with Gasteiger partial charge in [-0.15, -0.1) is 0 Å². The molecule has 10 nitrogen and oxygen atoms in total. The summed E-state index contributed by atoms with van der Waals surface area (Å²) in [5.41, 5.74) is 6.47. The molecule has 0 unspecified atom stereocenters. The van der Waals surface area contributed by atoms with E-state index in [4.69, 9.17) is 42.6 Å². The van der Waals surface area contributed by atoms with Crippen LogP contribution in [-0.4, -0.2) is 58.1 Å². The Balaban J connectivity index is 1.11. The molecule has 4 heterocycles. The van der Waals surface area contributed by atoms with Gasteiger partial charge in [0, 0.05) is 77.7 Å². The van der Waals surface area contributed by atoms with Gasteiger partial charge in [0.1, 0.15) is 5.78 Å². The van der Waals surface area contributed by atoms with Crippen molar-refractivity contribution in [2.45, 2.75) is 45.1 Å². The molecule has 2 fully saturated rings. The van der Waals surface area contributed by atoms with Gasteiger partial charge in [-0.25, -0.2) is 14.8 Å². The fourth-order valence-corrected chi connectivity index (χ4v) is 7.77. The van der Waals surface area contributed by atoms with Crippen LogP contribution in [0.5, 0.6) is 11.8 Å². The number of methoxy groups -OCH3 is 2. The minimum Gasteiger partial charge on any atom is -0.481 e. The summed E-state index contributed by atoms with van der Waals surface area (Å²) >= 11 is 14.2. The Labute approximate surface area is 293 Å². The Kier molecular flexibility index (Phi) is 9.28. The number of hydrogen-bond acceptors (Lipinski definition) is 9. The van der Waals surface area contributed by atoms with Crippen molar-refractivity contribution in [3.8, 4) is 45.4 Å². The Bertz CT molecular complexity index is 2090. The number of carbonyl (C=O) groups is 1. The molecule has 1 saturated heterocycles. The molecule has 12 heteroatoms. The maximum Gasteiger partial charge on any atom is 0.438 e. The summed E-state index contributed by atoms with van der Waals surface area (Å²) in [6.07, 6.45) is 4.35. The summed E-state index contributed by atoms with van der Waals surface area (Å²) in [6.45, 7) is 2.57. The number of rotatable bonds is 11. The number of aromatic amines is 1. The van der Waals surface area contributed by atoms with Crippen LogP contribution in [0, 0.1) is 5.41 Å². The first-order valence-corrected chi connectivity index (χ1v) is 17.0. The predicted molar refractivity (Wildman–Crippen MR) is 187 cm³/mol. The molecule has 2 aromatic carbocycles. The highest BCUT2D eigenvalue weighted by Crippen LogP contribution is 2.45. The number of ether oxygens (including phenoxy) is 2. The number of nitrogens with one attached hydrogen (secondary N) is 1. The minimum absolute atomic E-state index is 0.166. The quantitative estimate of drug-likeness (QED) is 0.152. The number of hydrogen-bond donors (Lipinski definition) is 1. The number of ketones is 1. The number of Topliss-reactive ketones (excluding diaryl/α,β-unsaturated/α-hetero) is 1. The van der Waals surface area contributed by atoms with E-state index in [2.05, 4.69) is 19.6 Å². The predicted octanol–water partition coefficient (Wildman–Crippen LogP) is 7.21. The number of benzene rings is 2. The number of H-pyrrole nitrogens is 1. The van der Waals surface area contributed by atoms with Crippen molar-refractivity contribution in [2.75, 3.05) is 27.3 Å². The molecule has 0 amide bonds. The lowest BCUT2D eigenvalue weighted by Crippen LogP contribution is -2.54. The van der Waals surface area contributed by atoms with Gasteiger partial charge in [-0.2, -0.15) is 0 Å². The lowest BCUT2D eigenvalue weighted by Gasteiger charge is -2.48. The Morgan fingerprint density at radius 3 is 1.96 bits per heavy atom. The van der Waals surface area contributed by atoms with Crippen molar-refractivity contribution >= 4 is 29.0 Å². The molecule has 3 aromatic heterocycles. The third-order valence-electron chi connectivity index (χ3n) is 9.47. The summed E-state index contributed by atoms with van der Waals surface area (Å²) in [5.74, 6) is 1.38. The second kappa shape index (κ2) is 13.8. The van der Waals surface area contributed by atoms with E-state index >= 15 is 0 Å². The molecule has 2 aliphatic rings. The Hall–Kier alpha value is -4.51. The van der Waals surface area contributed by atoms with Crippen molar-refractivity contribution in [2.24, 2.45) is 5.41 Å². The summed E-state index contributed by atoms with van der Waals surface area (Å²) in [4.78, 5) is 37.6. The van der Waals surface area contributed by atoms with E-state index < -0.39 is 5.76 Å². The fraction of sp³-hybridized carbons (Fsp3) is 0.324. The number of nitrogens with zero attached hydrogens (tertiary/aromatic N) is 4. The van der Waals surface area contributed by atoms with E-state index in [9.17, 15) is 9.59 Å². The highest BCUT2D eigenvalue weighted by Gasteiger charge is 2.47. The minimum atomic E-state index is -0.562. The molecule has 49 heavy (non-hydrogen) atoms. The van der Waals surface area contributed by atoms with Crippen LogP contribution in [0.1, 0.15) is 42.6 Å². The average molecular weight is 701 g/mol. The van der Waals surface area contributed by atoms with Crippen LogP contribution in [0.2, 0.25) is 10.0 Å². The molecule has 0 bridgehead atoms. The number of halogens is 2. The van der Waals surface area contributed by atoms with Crippen molar-refractivity contribution < 1.29 is 18.8 Å². The van der Waals surface area contributed by atoms with Crippen molar-refractivity contribution in [1.82, 2.24) is 25.0 Å². The molecule has 1 aliphatic heterocycles. The van der Waals surface area contributed by atoms with Crippen LogP contribution in [0.25, 0.3) is 33.6 Å². The molecular formula is C37H35Cl2N5O5. The fourth-order valence-electron chi connectivity index (χ4n) is 7.12. The van der Waals surface area contributed by atoms with Gasteiger partial charge in [-0.1, -0.05) is 76.9 Å². The van der Waals surface area contributed by atoms with Gasteiger partial charge in [-0.05, 0) is 31.4 Å². The standard InChI is InChI=1S/C37H35Cl2N5O5/c1-47-34-22(6-3-11-31-42-36(46)49-43-31)12-14-29(40-34)27-9-4-7-25(32(27)38)26-8-5-10-28(33(26)39)30-15-13-23(35(41-30)48-2)19-44-20-37(21-44)17-16-24(45)18-37/h4-5,7-10,12-15H,3,6,11,16-21H2,1-2H3,(H,42,43,46). The lowest BCUT2D eigenvalue weighted by atomic mass is 9.78. The molecule has 1 N–H and O–H groups in total. The van der Waals surface area contributed by atoms with Crippen molar-refractivity contribution in [1.29, 1.82) is 0 Å². The second-order valence-corrected chi connectivity index (χ2v) is 13.6. The number of carbonyl (C=O) groups excluding carboxylic acids is 1. The SMILES string of the molecule is COc1nc(-c2cccc(-c3cccc(-c4ccc(CN5CC6(CCC(=O)C6)C5)c(OC)n4)c3Cl)c2Cl)ccc1CCCc1noc(=O)[nH]1. The lowest BCUT2D eigenvalue weighted by molar-refractivity contribution is -0.119. The third kappa shape index (κ3) is 6.73. The molecule has 0 atom stereocenters. The monoisotopic (exact) mass is 699 g/mol. The highest BCUT2D eigenvalue weighted by atomic mass is 35.5. The van der Waals surface area contributed by atoms with Gasteiger partial charge in [0.2, 0.25) is 11.8 Å². The first kappa shape index (κ1) is 33.0. The van der Waals surface area contributed by atoms with Gasteiger partial charge in [0.15, 0.2) is 5.82 Å². The van der Waals surface area contributed by atoms with E-state index in [-0.39, 0.29) is 5.41 Å². The summed E-state index contributed by atoms with van der Waals surface area (Å²) in [6, 6.07) is 19.5. The van der Waals surface area contributed by atoms with E-state index in [1.165, 1.54) is 0 Å². The number of pyridine rings is 2. The van der Waals surface area contributed by atoms with Crippen LogP contribution in [-0.2, 0) is 24.2 Å². The van der Waals surface area contributed by atoms with Crippen molar-refractivity contribution in [3.05, 3.63) is 98.2 Å². The van der Waals surface area contributed by atoms with Crippen LogP contribution >= 0.6 is 23.2 Å². The average Bonchev–Trinajstić information content (AvgIpc) is 3.70. The molecule has 1 saturated carbocycles. The number of likely N-dealkylation sites (tertiary alicyclic amines) is 1. The summed E-state index contributed by atoms with van der Waals surface area (Å²) < 4.78 is 15.9. The Morgan fingerprint density at radius 1 is 0.816 bits per heavy atom. The van der Waals surface area contributed by atoms with E-state index in [1.54, 1.807) is 14.2 Å². The number of aryl methyl sites for hydroxylation is 2. The smallest absolute Gasteiger partial charge is 0.438 e. The summed E-state index contributed by atoms with van der Waals surface area (Å²) in [5, 5.41) is 4.75. The molecule has 1 spiro atoms. The highest BCUT2D eigenvalue weighted by molar-refractivity contribution is 6.39. The largest absolute Gasteiger partial charge is 0.481 e. The zero-order valence-electron chi connectivity index (χ0n) is 27.2. The van der Waals surface area contributed by atoms with E-state index in [1.807, 2.05) is 60.7 Å². The third-order valence-corrected chi connectivity index (χ3v) is 10.3. The van der Waals surface area contributed by atoms with Crippen LogP contribution in [0.15, 0.2) is 70.0 Å². The van der Waals surface area contributed by atoms with Gasteiger partial charge < -0.3 is 9.47 Å². The van der Waals surface area contributed by atoms with E-state index in [0.717, 1.165) is 59.3 Å². The molecule has 7 rings (SSSR count). The topological polar surface area (TPSA) is 123 Å². The maximum absolute atomic E-state index is 11.8. The molecule has 1 aliphatic carbocycles. The zero-order chi connectivity index (χ0) is 34.1. The number of aromatic nitrogens is 4. The first-order chi connectivity index (χ1) is 23.8. The van der Waals surface area contributed by atoms with Gasteiger partial charge in [0.05, 0.1) is 35.7 Å². The molecule has 0 radical (unpaired) electrons. The van der Waals surface area contributed by atoms with Crippen LogP contribution in [0.3, 0.4) is 0 Å². The first-order valence-electron chi connectivity index (χ1n) is 16.2. The van der Waals surface area contributed by atoms with E-state index in [0.29, 0.717) is 77.0 Å². The zero-order valence-corrected chi connectivity index (χ0v) is 28.7. The molecular weight excluding hydrogens is 665 g/mol. The van der Waals surface area contributed by atoms with Crippen LogP contribution in [0.4, 0.5) is 0 Å². The van der Waals surface area contributed by atoms with Gasteiger partial charge >= 0.3 is 5.76 Å². The van der Waals surface area contributed by atoms with Gasteiger partial charge in [-0.3, -0.25) is 19.2 Å². The normalized spacial score (nSPS) is 15.5. The molecule has 5 aromatic rings. The van der Waals surface area contributed by atoms with Crippen molar-refractivity contribution in [3.63, 3.8) is 0 Å². The summed E-state index contributed by atoms with van der Waals surface area (Å²) in [7, 11) is 3.22. The second-order valence-electron chi connectivity index (χ2n) is 12.8. The maximum atomic E-state index is 11.8. The van der Waals surface area contributed by atoms with Gasteiger partial charge in [0.25, 0.3) is 0 Å². The Morgan fingerprint density at radius 2 is 1.41 bits per heavy atom. The van der Waals surface area contributed by atoms with Crippen LogP contribution < -0.4 is 15.2 Å².